The average molecular weight is 210 g/mol. The molecule has 0 fully saturated rings. The summed E-state index contributed by atoms with van der Waals surface area (Å²) in [6.07, 6.45) is 0. The largest absolute Gasteiger partial charge is 0.368 e. The third-order valence-corrected chi connectivity index (χ3v) is 1.86. The molecule has 1 rings (SSSR count). The molecule has 82 valence electrons. The summed E-state index contributed by atoms with van der Waals surface area (Å²) in [5.41, 5.74) is 6.65. The summed E-state index contributed by atoms with van der Waals surface area (Å²) >= 11 is 0. The fourth-order valence-electron chi connectivity index (χ4n) is 1.21. The summed E-state index contributed by atoms with van der Waals surface area (Å²) in [6, 6.07) is 1.88. The lowest BCUT2D eigenvalue weighted by atomic mass is 10.4. The van der Waals surface area contributed by atoms with Crippen molar-refractivity contribution in [3.05, 3.63) is 17.5 Å². The van der Waals surface area contributed by atoms with Crippen LogP contribution in [0, 0.1) is 13.8 Å². The number of carbonyl (C=O) groups excluding carboxylic acids is 2. The fourth-order valence-corrected chi connectivity index (χ4v) is 1.21. The first-order valence-electron chi connectivity index (χ1n) is 4.55. The number of aromatic nitrogens is 2. The van der Waals surface area contributed by atoms with Crippen LogP contribution in [0.15, 0.2) is 6.07 Å². The minimum atomic E-state index is -0.559. The lowest BCUT2D eigenvalue weighted by Gasteiger charge is -2.04. The minimum Gasteiger partial charge on any atom is -0.368 e. The number of primary amides is 1. The summed E-state index contributed by atoms with van der Waals surface area (Å²) < 4.78 is 1.58. The van der Waals surface area contributed by atoms with Gasteiger partial charge in [0.05, 0.1) is 12.2 Å². The van der Waals surface area contributed by atoms with Gasteiger partial charge in [0.15, 0.2) is 0 Å². The van der Waals surface area contributed by atoms with E-state index in [4.69, 9.17) is 5.73 Å². The Morgan fingerprint density at radius 1 is 1.53 bits per heavy atom. The average Bonchev–Trinajstić information content (AvgIpc) is 2.42. The molecule has 1 aromatic heterocycles. The number of hydrogen-bond acceptors (Lipinski definition) is 3. The van der Waals surface area contributed by atoms with Gasteiger partial charge in [-0.2, -0.15) is 5.10 Å². The monoisotopic (exact) mass is 210 g/mol. The second-order valence-electron chi connectivity index (χ2n) is 3.33. The van der Waals surface area contributed by atoms with E-state index in [1.807, 2.05) is 19.9 Å². The molecule has 0 saturated carbocycles. The molecule has 0 unspecified atom stereocenters. The molecule has 1 aromatic rings. The fraction of sp³-hybridized carbons (Fsp3) is 0.444. The van der Waals surface area contributed by atoms with Gasteiger partial charge in [-0.25, -0.2) is 0 Å². The normalized spacial score (nSPS) is 10.0. The summed E-state index contributed by atoms with van der Waals surface area (Å²) in [7, 11) is 0. The van der Waals surface area contributed by atoms with Crippen molar-refractivity contribution in [2.45, 2.75) is 20.4 Å². The van der Waals surface area contributed by atoms with Gasteiger partial charge in [0.1, 0.15) is 6.54 Å². The van der Waals surface area contributed by atoms with E-state index in [0.717, 1.165) is 11.4 Å². The predicted molar refractivity (Wildman–Crippen MR) is 53.9 cm³/mol. The number of aryl methyl sites for hydroxylation is 2. The van der Waals surface area contributed by atoms with Gasteiger partial charge in [0, 0.05) is 5.69 Å². The molecule has 6 heteroatoms. The van der Waals surface area contributed by atoms with E-state index in [-0.39, 0.29) is 19.0 Å². The maximum absolute atomic E-state index is 11.3. The molecule has 6 nitrogen and oxygen atoms in total. The summed E-state index contributed by atoms with van der Waals surface area (Å²) in [5, 5.41) is 6.51. The summed E-state index contributed by atoms with van der Waals surface area (Å²) in [6.45, 7) is 3.68. The van der Waals surface area contributed by atoms with Gasteiger partial charge < -0.3 is 11.1 Å². The number of nitrogens with two attached hydrogens (primary N) is 1. The number of hydrogen-bond donors (Lipinski definition) is 2. The maximum Gasteiger partial charge on any atom is 0.242 e. The Morgan fingerprint density at radius 3 is 2.67 bits per heavy atom. The first-order valence-corrected chi connectivity index (χ1v) is 4.55. The molecular weight excluding hydrogens is 196 g/mol. The van der Waals surface area contributed by atoms with Crippen LogP contribution in [0.1, 0.15) is 11.4 Å². The molecule has 0 saturated heterocycles. The smallest absolute Gasteiger partial charge is 0.242 e. The summed E-state index contributed by atoms with van der Waals surface area (Å²) in [4.78, 5) is 21.7. The van der Waals surface area contributed by atoms with Crippen LogP contribution >= 0.6 is 0 Å². The topological polar surface area (TPSA) is 90.0 Å². The van der Waals surface area contributed by atoms with Gasteiger partial charge in [-0.1, -0.05) is 0 Å². The van der Waals surface area contributed by atoms with E-state index < -0.39 is 5.91 Å². The van der Waals surface area contributed by atoms with Crippen LogP contribution in [0.4, 0.5) is 0 Å². The molecule has 2 amide bonds. The lowest BCUT2D eigenvalue weighted by molar-refractivity contribution is -0.125. The van der Waals surface area contributed by atoms with Gasteiger partial charge >= 0.3 is 0 Å². The Labute approximate surface area is 87.4 Å². The van der Waals surface area contributed by atoms with Gasteiger partial charge in [-0.15, -0.1) is 0 Å². The zero-order valence-electron chi connectivity index (χ0n) is 8.78. The van der Waals surface area contributed by atoms with Crippen molar-refractivity contribution in [2.75, 3.05) is 6.54 Å². The van der Waals surface area contributed by atoms with E-state index in [9.17, 15) is 9.59 Å². The van der Waals surface area contributed by atoms with Crippen LogP contribution < -0.4 is 11.1 Å². The zero-order valence-corrected chi connectivity index (χ0v) is 8.78. The first-order chi connectivity index (χ1) is 6.99. The highest BCUT2D eigenvalue weighted by Gasteiger charge is 2.07. The van der Waals surface area contributed by atoms with Crippen molar-refractivity contribution in [2.24, 2.45) is 5.73 Å². The van der Waals surface area contributed by atoms with Crippen molar-refractivity contribution >= 4 is 11.8 Å². The quantitative estimate of drug-likeness (QED) is 0.675. The zero-order chi connectivity index (χ0) is 11.4. The van der Waals surface area contributed by atoms with Crippen LogP contribution in [-0.4, -0.2) is 28.1 Å². The molecule has 15 heavy (non-hydrogen) atoms. The highest BCUT2D eigenvalue weighted by atomic mass is 16.2. The Kier molecular flexibility index (Phi) is 3.43. The molecule has 0 bridgehead atoms. The van der Waals surface area contributed by atoms with Crippen molar-refractivity contribution in [1.29, 1.82) is 0 Å². The number of carbonyl (C=O) groups is 2. The van der Waals surface area contributed by atoms with Crippen molar-refractivity contribution in [3.63, 3.8) is 0 Å². The van der Waals surface area contributed by atoms with Gasteiger partial charge in [0.2, 0.25) is 11.8 Å². The maximum atomic E-state index is 11.3. The second-order valence-corrected chi connectivity index (χ2v) is 3.33. The van der Waals surface area contributed by atoms with Gasteiger partial charge in [-0.3, -0.25) is 14.3 Å². The molecule has 3 N–H and O–H groups in total. The Balaban J connectivity index is 2.51. The van der Waals surface area contributed by atoms with Gasteiger partial charge in [-0.05, 0) is 19.9 Å². The van der Waals surface area contributed by atoms with Crippen LogP contribution in [0.5, 0.6) is 0 Å². The van der Waals surface area contributed by atoms with Crippen LogP contribution in [-0.2, 0) is 16.1 Å². The van der Waals surface area contributed by atoms with E-state index in [1.54, 1.807) is 4.68 Å². The standard InChI is InChI=1S/C9H14N4O2/c1-6-3-7(2)13(12-6)5-9(15)11-4-8(10)14/h3H,4-5H2,1-2H3,(H2,10,14)(H,11,15). The van der Waals surface area contributed by atoms with Gasteiger partial charge in [0.25, 0.3) is 0 Å². The van der Waals surface area contributed by atoms with Crippen LogP contribution in [0.2, 0.25) is 0 Å². The molecule has 0 aromatic carbocycles. The molecule has 0 aliphatic rings. The predicted octanol–water partition coefficient (Wildman–Crippen LogP) is -0.899. The highest BCUT2D eigenvalue weighted by Crippen LogP contribution is 2.00. The SMILES string of the molecule is Cc1cc(C)n(CC(=O)NCC(N)=O)n1. The number of amides is 2. The van der Waals surface area contributed by atoms with E-state index in [2.05, 4.69) is 10.4 Å². The molecule has 1 heterocycles. The second kappa shape index (κ2) is 4.59. The number of nitrogens with zero attached hydrogens (tertiary/aromatic N) is 2. The number of nitrogens with one attached hydrogen (secondary N) is 1. The molecule has 0 radical (unpaired) electrons. The van der Waals surface area contributed by atoms with Crippen molar-refractivity contribution in [3.8, 4) is 0 Å². The Bertz CT molecular complexity index is 383. The Hall–Kier alpha value is -1.85. The third kappa shape index (κ3) is 3.41. The van der Waals surface area contributed by atoms with E-state index in [1.165, 1.54) is 0 Å². The van der Waals surface area contributed by atoms with Crippen molar-refractivity contribution in [1.82, 2.24) is 15.1 Å². The molecule has 0 spiro atoms. The third-order valence-electron chi connectivity index (χ3n) is 1.86. The summed E-state index contributed by atoms with van der Waals surface area (Å²) in [5.74, 6) is -0.836. The number of rotatable bonds is 4. The molecule has 0 atom stereocenters. The van der Waals surface area contributed by atoms with Crippen molar-refractivity contribution < 1.29 is 9.59 Å². The minimum absolute atomic E-state index is 0.104. The molecule has 0 aliphatic heterocycles. The highest BCUT2D eigenvalue weighted by molar-refractivity contribution is 5.83. The van der Waals surface area contributed by atoms with Crippen LogP contribution in [0.3, 0.4) is 0 Å². The van der Waals surface area contributed by atoms with Crippen LogP contribution in [0.25, 0.3) is 0 Å². The first kappa shape index (κ1) is 11.2. The van der Waals surface area contributed by atoms with E-state index in [0.29, 0.717) is 0 Å². The Morgan fingerprint density at radius 2 is 2.20 bits per heavy atom. The molecular formula is C9H14N4O2. The van der Waals surface area contributed by atoms with E-state index >= 15 is 0 Å². The molecule has 0 aliphatic carbocycles. The lowest BCUT2D eigenvalue weighted by Crippen LogP contribution is -2.35.